The number of nitrogens with one attached hydrogen (secondary N) is 1. The summed E-state index contributed by atoms with van der Waals surface area (Å²) in [6, 6.07) is 0. The predicted molar refractivity (Wildman–Crippen MR) is 44.7 cm³/mol. The number of carbonyl (C=O) groups excluding carboxylic acids is 1. The van der Waals surface area contributed by atoms with Gasteiger partial charge in [-0.2, -0.15) is 0 Å². The molecule has 6 nitrogen and oxygen atoms in total. The Morgan fingerprint density at radius 3 is 2.85 bits per heavy atom. The summed E-state index contributed by atoms with van der Waals surface area (Å²) in [6.45, 7) is 2.05. The van der Waals surface area contributed by atoms with E-state index in [1.165, 1.54) is 4.68 Å². The minimum atomic E-state index is 0.0189. The lowest BCUT2D eigenvalue weighted by Crippen LogP contribution is -2.17. The number of hydrogen-bond donors (Lipinski definition) is 1. The largest absolute Gasteiger partial charge is 0.293 e. The van der Waals surface area contributed by atoms with E-state index in [2.05, 4.69) is 27.8 Å². The fourth-order valence-corrected chi connectivity index (χ4v) is 1.23. The third kappa shape index (κ3) is 1.51. The molecule has 0 radical (unpaired) electrons. The van der Waals surface area contributed by atoms with Gasteiger partial charge in [0.05, 0.1) is 0 Å². The summed E-state index contributed by atoms with van der Waals surface area (Å²) in [4.78, 5) is 11.4. The number of nitrogens with zero attached hydrogens (tertiary/aromatic N) is 4. The van der Waals surface area contributed by atoms with Gasteiger partial charge >= 0.3 is 0 Å². The number of rotatable bonds is 2. The molecule has 1 heterocycles. The molecular formula is C7H11N5O. The summed E-state index contributed by atoms with van der Waals surface area (Å²) in [5, 5.41) is 13.4. The Hall–Kier alpha value is -1.46. The maximum atomic E-state index is 11.4. The van der Waals surface area contributed by atoms with Crippen molar-refractivity contribution in [2.45, 2.75) is 13.3 Å². The average molecular weight is 181 g/mol. The molecule has 2 unspecified atom stereocenters. The minimum Gasteiger partial charge on any atom is -0.293 e. The van der Waals surface area contributed by atoms with Crippen LogP contribution >= 0.6 is 0 Å². The van der Waals surface area contributed by atoms with Crippen molar-refractivity contribution in [1.82, 2.24) is 20.2 Å². The number of tetrazole rings is 1. The molecular weight excluding hydrogens is 170 g/mol. The number of carbonyl (C=O) groups is 1. The topological polar surface area (TPSA) is 72.7 Å². The van der Waals surface area contributed by atoms with Gasteiger partial charge < -0.3 is 0 Å². The molecule has 0 aliphatic heterocycles. The van der Waals surface area contributed by atoms with Crippen LogP contribution in [0.15, 0.2) is 0 Å². The molecule has 0 saturated heterocycles. The number of amides is 1. The van der Waals surface area contributed by atoms with Gasteiger partial charge in [0.25, 0.3) is 0 Å². The van der Waals surface area contributed by atoms with Crippen molar-refractivity contribution in [3.05, 3.63) is 0 Å². The van der Waals surface area contributed by atoms with Gasteiger partial charge in [0.2, 0.25) is 11.9 Å². The summed E-state index contributed by atoms with van der Waals surface area (Å²) in [7, 11) is 1.69. The van der Waals surface area contributed by atoms with Crippen LogP contribution in [0, 0.1) is 11.8 Å². The van der Waals surface area contributed by atoms with Crippen molar-refractivity contribution in [1.29, 1.82) is 0 Å². The molecule has 0 bridgehead atoms. The van der Waals surface area contributed by atoms with E-state index in [4.69, 9.17) is 0 Å². The van der Waals surface area contributed by atoms with Crippen LogP contribution < -0.4 is 5.32 Å². The van der Waals surface area contributed by atoms with Crippen molar-refractivity contribution in [3.8, 4) is 0 Å². The number of aryl methyl sites for hydroxylation is 1. The Kier molecular flexibility index (Phi) is 1.75. The Labute approximate surface area is 75.3 Å². The molecule has 70 valence electrons. The fourth-order valence-electron chi connectivity index (χ4n) is 1.23. The molecule has 6 heteroatoms. The van der Waals surface area contributed by atoms with Crippen LogP contribution in [-0.4, -0.2) is 26.1 Å². The summed E-state index contributed by atoms with van der Waals surface area (Å²) in [5.74, 6) is 1.08. The van der Waals surface area contributed by atoms with Crippen LogP contribution in [0.25, 0.3) is 0 Å². The van der Waals surface area contributed by atoms with E-state index in [0.29, 0.717) is 11.9 Å². The van der Waals surface area contributed by atoms with E-state index < -0.39 is 0 Å². The summed E-state index contributed by atoms with van der Waals surface area (Å²) < 4.78 is 1.44. The Bertz CT molecular complexity index is 333. The van der Waals surface area contributed by atoms with Gasteiger partial charge in [-0.15, -0.1) is 0 Å². The number of anilines is 1. The van der Waals surface area contributed by atoms with Crippen LogP contribution in [-0.2, 0) is 11.8 Å². The van der Waals surface area contributed by atoms with E-state index in [9.17, 15) is 4.79 Å². The molecule has 1 aromatic heterocycles. The highest BCUT2D eigenvalue weighted by atomic mass is 16.2. The molecule has 1 aromatic rings. The lowest BCUT2D eigenvalue weighted by atomic mass is 10.3. The van der Waals surface area contributed by atoms with Gasteiger partial charge in [-0.1, -0.05) is 12.0 Å². The third-order valence-electron chi connectivity index (χ3n) is 2.30. The van der Waals surface area contributed by atoms with Crippen LogP contribution in [0.4, 0.5) is 5.95 Å². The maximum Gasteiger partial charge on any atom is 0.249 e. The molecule has 2 atom stereocenters. The third-order valence-corrected chi connectivity index (χ3v) is 2.30. The highest BCUT2D eigenvalue weighted by Gasteiger charge is 2.39. The molecule has 1 amide bonds. The first kappa shape index (κ1) is 8.15. The average Bonchev–Trinajstić information content (AvgIpc) is 2.68. The lowest BCUT2D eigenvalue weighted by molar-refractivity contribution is -0.117. The summed E-state index contributed by atoms with van der Waals surface area (Å²) >= 11 is 0. The molecule has 1 saturated carbocycles. The normalized spacial score (nSPS) is 25.7. The first-order chi connectivity index (χ1) is 6.18. The van der Waals surface area contributed by atoms with Crippen LogP contribution in [0.5, 0.6) is 0 Å². The second-order valence-electron chi connectivity index (χ2n) is 3.43. The number of aromatic nitrogens is 4. The zero-order valence-corrected chi connectivity index (χ0v) is 7.56. The van der Waals surface area contributed by atoms with Gasteiger partial charge in [-0.25, -0.2) is 4.68 Å². The van der Waals surface area contributed by atoms with Gasteiger partial charge in [0, 0.05) is 13.0 Å². The van der Waals surface area contributed by atoms with Crippen LogP contribution in [0.1, 0.15) is 13.3 Å². The standard InChI is InChI=1S/C7H11N5O/c1-4-3-5(4)6(13)8-7-9-10-11-12(7)2/h4-5H,3H2,1-2H3,(H,8,9,11,13). The second kappa shape index (κ2) is 2.79. The monoisotopic (exact) mass is 181 g/mol. The zero-order valence-electron chi connectivity index (χ0n) is 7.56. The van der Waals surface area contributed by atoms with E-state index >= 15 is 0 Å². The zero-order chi connectivity index (χ0) is 9.42. The van der Waals surface area contributed by atoms with E-state index in [1.54, 1.807) is 7.05 Å². The van der Waals surface area contributed by atoms with Gasteiger partial charge in [-0.05, 0) is 22.8 Å². The molecule has 0 spiro atoms. The summed E-state index contributed by atoms with van der Waals surface area (Å²) in [6.07, 6.45) is 0.969. The molecule has 1 aliphatic rings. The first-order valence-electron chi connectivity index (χ1n) is 4.21. The molecule has 1 fully saturated rings. The Balaban J connectivity index is 1.99. The van der Waals surface area contributed by atoms with E-state index in [1.807, 2.05) is 0 Å². The minimum absolute atomic E-state index is 0.0189. The molecule has 0 aromatic carbocycles. The van der Waals surface area contributed by atoms with Crippen molar-refractivity contribution in [2.75, 3.05) is 5.32 Å². The smallest absolute Gasteiger partial charge is 0.249 e. The quantitative estimate of drug-likeness (QED) is 0.686. The molecule has 2 rings (SSSR count). The highest BCUT2D eigenvalue weighted by molar-refractivity contribution is 5.92. The van der Waals surface area contributed by atoms with Gasteiger partial charge in [0.15, 0.2) is 0 Å². The van der Waals surface area contributed by atoms with Crippen LogP contribution in [0.3, 0.4) is 0 Å². The van der Waals surface area contributed by atoms with Crippen molar-refractivity contribution >= 4 is 11.9 Å². The van der Waals surface area contributed by atoms with E-state index in [-0.39, 0.29) is 11.8 Å². The Morgan fingerprint density at radius 2 is 2.38 bits per heavy atom. The van der Waals surface area contributed by atoms with E-state index in [0.717, 1.165) is 6.42 Å². The summed E-state index contributed by atoms with van der Waals surface area (Å²) in [5.41, 5.74) is 0. The predicted octanol–water partition coefficient (Wildman–Crippen LogP) is -0.195. The van der Waals surface area contributed by atoms with Gasteiger partial charge in [-0.3, -0.25) is 10.1 Å². The molecule has 1 N–H and O–H groups in total. The van der Waals surface area contributed by atoms with Crippen molar-refractivity contribution in [3.63, 3.8) is 0 Å². The number of hydrogen-bond acceptors (Lipinski definition) is 4. The maximum absolute atomic E-state index is 11.4. The first-order valence-corrected chi connectivity index (χ1v) is 4.21. The SMILES string of the molecule is CC1CC1C(=O)Nc1nnnn1C. The van der Waals surface area contributed by atoms with Crippen molar-refractivity contribution in [2.24, 2.45) is 18.9 Å². The fraction of sp³-hybridized carbons (Fsp3) is 0.714. The van der Waals surface area contributed by atoms with Gasteiger partial charge in [0.1, 0.15) is 0 Å². The van der Waals surface area contributed by atoms with Crippen LogP contribution in [0.2, 0.25) is 0 Å². The van der Waals surface area contributed by atoms with Crippen molar-refractivity contribution < 1.29 is 4.79 Å². The second-order valence-corrected chi connectivity index (χ2v) is 3.43. The molecule has 1 aliphatic carbocycles. The Morgan fingerprint density at radius 1 is 1.69 bits per heavy atom. The molecule has 13 heavy (non-hydrogen) atoms. The highest BCUT2D eigenvalue weighted by Crippen LogP contribution is 2.38. The lowest BCUT2D eigenvalue weighted by Gasteiger charge is -2.00.